The van der Waals surface area contributed by atoms with E-state index in [0.29, 0.717) is 18.8 Å². The van der Waals surface area contributed by atoms with Gasteiger partial charge >= 0.3 is 0 Å². The van der Waals surface area contributed by atoms with Gasteiger partial charge in [-0.05, 0) is 56.5 Å². The van der Waals surface area contributed by atoms with Gasteiger partial charge < -0.3 is 20.1 Å². The van der Waals surface area contributed by atoms with E-state index < -0.39 is 6.10 Å². The number of nitrogens with zero attached hydrogens (tertiary/aromatic N) is 2. The van der Waals surface area contributed by atoms with Crippen molar-refractivity contribution < 1.29 is 9.84 Å². The van der Waals surface area contributed by atoms with Gasteiger partial charge in [-0.3, -0.25) is 0 Å². The molecule has 0 aromatic heterocycles. The van der Waals surface area contributed by atoms with Gasteiger partial charge in [0.25, 0.3) is 0 Å². The van der Waals surface area contributed by atoms with Crippen LogP contribution in [0.5, 0.6) is 5.75 Å². The molecule has 1 aromatic carbocycles. The van der Waals surface area contributed by atoms with Crippen molar-refractivity contribution in [2.24, 2.45) is 5.92 Å². The summed E-state index contributed by atoms with van der Waals surface area (Å²) in [4.78, 5) is 2.36. The number of piperidine rings is 1. The van der Waals surface area contributed by atoms with Crippen LogP contribution in [0.1, 0.15) is 32.3 Å². The lowest BCUT2D eigenvalue weighted by atomic mass is 9.99. The predicted molar refractivity (Wildman–Crippen MR) is 94.7 cm³/mol. The number of nitriles is 1. The molecule has 0 amide bonds. The molecule has 1 saturated heterocycles. The molecule has 2 atom stereocenters. The number of hydrogen-bond donors (Lipinski definition) is 2. The fourth-order valence-electron chi connectivity index (χ4n) is 2.91. The van der Waals surface area contributed by atoms with E-state index in [0.717, 1.165) is 31.1 Å². The zero-order valence-electron chi connectivity index (χ0n) is 14.7. The summed E-state index contributed by atoms with van der Waals surface area (Å²) in [6.07, 6.45) is 1.69. The second-order valence-corrected chi connectivity index (χ2v) is 6.80. The van der Waals surface area contributed by atoms with Crippen LogP contribution in [0.25, 0.3) is 0 Å². The van der Waals surface area contributed by atoms with Crippen molar-refractivity contribution in [3.05, 3.63) is 29.8 Å². The summed E-state index contributed by atoms with van der Waals surface area (Å²) in [5.74, 6) is 1.52. The highest BCUT2D eigenvalue weighted by Crippen LogP contribution is 2.16. The molecule has 1 aromatic rings. The third kappa shape index (κ3) is 6.48. The van der Waals surface area contributed by atoms with Gasteiger partial charge in [0.05, 0.1) is 6.10 Å². The third-order valence-corrected chi connectivity index (χ3v) is 4.47. The predicted octanol–water partition coefficient (Wildman–Crippen LogP) is 2.16. The normalized spacial score (nSPS) is 18.8. The smallest absolute Gasteiger partial charge is 0.181 e. The van der Waals surface area contributed by atoms with Gasteiger partial charge in [0.2, 0.25) is 0 Å². The first kappa shape index (κ1) is 18.7. The molecule has 24 heavy (non-hydrogen) atoms. The van der Waals surface area contributed by atoms with Crippen molar-refractivity contribution in [1.82, 2.24) is 10.2 Å². The SMILES string of the molecule is CC1CCN(CC(O)CNCc2ccc(OC(C)C#N)cc2)CC1. The maximum atomic E-state index is 10.2. The Kier molecular flexibility index (Phi) is 7.51. The van der Waals surface area contributed by atoms with Gasteiger partial charge in [0, 0.05) is 19.6 Å². The average Bonchev–Trinajstić information content (AvgIpc) is 2.58. The molecule has 1 heterocycles. The van der Waals surface area contributed by atoms with Crippen LogP contribution >= 0.6 is 0 Å². The molecule has 5 heteroatoms. The third-order valence-electron chi connectivity index (χ3n) is 4.47. The van der Waals surface area contributed by atoms with E-state index in [2.05, 4.69) is 17.1 Å². The van der Waals surface area contributed by atoms with E-state index in [9.17, 15) is 5.11 Å². The summed E-state index contributed by atoms with van der Waals surface area (Å²) in [6.45, 7) is 8.27. The number of likely N-dealkylation sites (tertiary alicyclic amines) is 1. The molecule has 0 saturated carbocycles. The van der Waals surface area contributed by atoms with Crippen LogP contribution in [0.3, 0.4) is 0 Å². The summed E-state index contributed by atoms with van der Waals surface area (Å²) in [5.41, 5.74) is 1.13. The fourth-order valence-corrected chi connectivity index (χ4v) is 2.91. The molecule has 5 nitrogen and oxygen atoms in total. The number of β-amino-alcohol motifs (C(OH)–C–C–N with tert-alkyl or cyclic N) is 1. The monoisotopic (exact) mass is 331 g/mol. The van der Waals surface area contributed by atoms with Gasteiger partial charge in [-0.25, -0.2) is 0 Å². The minimum atomic E-state index is -0.443. The Morgan fingerprint density at radius 2 is 2.00 bits per heavy atom. The van der Waals surface area contributed by atoms with Gasteiger partial charge in [0.1, 0.15) is 11.8 Å². The highest BCUT2D eigenvalue weighted by atomic mass is 16.5. The fraction of sp³-hybridized carbons (Fsp3) is 0.632. The van der Waals surface area contributed by atoms with Gasteiger partial charge in [-0.15, -0.1) is 0 Å². The molecule has 0 bridgehead atoms. The summed E-state index contributed by atoms with van der Waals surface area (Å²) in [5, 5.41) is 22.2. The molecule has 2 N–H and O–H groups in total. The van der Waals surface area contributed by atoms with Crippen LogP contribution in [-0.4, -0.2) is 48.4 Å². The second-order valence-electron chi connectivity index (χ2n) is 6.80. The van der Waals surface area contributed by atoms with Crippen LogP contribution in [0.4, 0.5) is 0 Å². The number of rotatable bonds is 8. The molecule has 1 fully saturated rings. The van der Waals surface area contributed by atoms with Crippen molar-refractivity contribution in [3.63, 3.8) is 0 Å². The van der Waals surface area contributed by atoms with Crippen LogP contribution in [0.2, 0.25) is 0 Å². The first-order chi connectivity index (χ1) is 11.6. The van der Waals surface area contributed by atoms with E-state index in [1.807, 2.05) is 30.3 Å². The maximum Gasteiger partial charge on any atom is 0.181 e. The maximum absolute atomic E-state index is 10.2. The Labute approximate surface area is 145 Å². The van der Waals surface area contributed by atoms with Crippen molar-refractivity contribution in [2.45, 2.75) is 45.4 Å². The first-order valence-electron chi connectivity index (χ1n) is 8.83. The Morgan fingerprint density at radius 3 is 2.62 bits per heavy atom. The Hall–Kier alpha value is -1.61. The Morgan fingerprint density at radius 1 is 1.33 bits per heavy atom. The lowest BCUT2D eigenvalue weighted by Crippen LogP contribution is -2.41. The summed E-state index contributed by atoms with van der Waals surface area (Å²) in [7, 11) is 0. The topological polar surface area (TPSA) is 68.5 Å². The van der Waals surface area contributed by atoms with Crippen molar-refractivity contribution >= 4 is 0 Å². The first-order valence-corrected chi connectivity index (χ1v) is 8.83. The van der Waals surface area contributed by atoms with Crippen molar-refractivity contribution in [2.75, 3.05) is 26.2 Å². The molecular weight excluding hydrogens is 302 g/mol. The van der Waals surface area contributed by atoms with E-state index in [4.69, 9.17) is 10.00 Å². The average molecular weight is 331 g/mol. The molecule has 1 aliphatic heterocycles. The number of ether oxygens (including phenoxy) is 1. The van der Waals surface area contributed by atoms with E-state index in [1.54, 1.807) is 6.92 Å². The molecule has 132 valence electrons. The largest absolute Gasteiger partial charge is 0.476 e. The van der Waals surface area contributed by atoms with Gasteiger partial charge in [0.15, 0.2) is 6.10 Å². The quantitative estimate of drug-likeness (QED) is 0.764. The van der Waals surface area contributed by atoms with Crippen molar-refractivity contribution in [3.8, 4) is 11.8 Å². The Bertz CT molecular complexity index is 518. The molecule has 2 rings (SSSR count). The van der Waals surface area contributed by atoms with Crippen molar-refractivity contribution in [1.29, 1.82) is 5.26 Å². The summed E-state index contributed by atoms with van der Waals surface area (Å²) >= 11 is 0. The van der Waals surface area contributed by atoms with E-state index in [-0.39, 0.29) is 6.10 Å². The number of benzene rings is 1. The molecular formula is C19H29N3O2. The lowest BCUT2D eigenvalue weighted by Gasteiger charge is -2.31. The van der Waals surface area contributed by atoms with Crippen LogP contribution in [0, 0.1) is 17.2 Å². The number of aliphatic hydroxyl groups is 1. The van der Waals surface area contributed by atoms with E-state index >= 15 is 0 Å². The molecule has 0 aliphatic carbocycles. The van der Waals surface area contributed by atoms with E-state index in [1.165, 1.54) is 12.8 Å². The zero-order valence-corrected chi connectivity index (χ0v) is 14.7. The van der Waals surface area contributed by atoms with Crippen LogP contribution in [0.15, 0.2) is 24.3 Å². The minimum Gasteiger partial charge on any atom is -0.476 e. The summed E-state index contributed by atoms with van der Waals surface area (Å²) < 4.78 is 5.43. The van der Waals surface area contributed by atoms with Crippen LogP contribution < -0.4 is 10.1 Å². The molecule has 0 radical (unpaired) electrons. The Balaban J connectivity index is 1.65. The highest BCUT2D eigenvalue weighted by Gasteiger charge is 2.17. The lowest BCUT2D eigenvalue weighted by molar-refractivity contribution is 0.0907. The number of aliphatic hydroxyl groups excluding tert-OH is 1. The standard InChI is InChI=1S/C19H29N3O2/c1-15-7-9-22(10-8-15)14-18(23)13-21-12-17-3-5-19(6-4-17)24-16(2)11-20/h3-6,15-16,18,21,23H,7-10,12-14H2,1-2H3. The molecule has 0 spiro atoms. The molecule has 1 aliphatic rings. The highest BCUT2D eigenvalue weighted by molar-refractivity contribution is 5.27. The zero-order chi connectivity index (χ0) is 17.4. The molecule has 2 unspecified atom stereocenters. The van der Waals surface area contributed by atoms with Gasteiger partial charge in [-0.1, -0.05) is 19.1 Å². The minimum absolute atomic E-state index is 0.336. The number of nitrogens with one attached hydrogen (secondary N) is 1. The van der Waals surface area contributed by atoms with Gasteiger partial charge in [-0.2, -0.15) is 5.26 Å². The second kappa shape index (κ2) is 9.63. The van der Waals surface area contributed by atoms with Crippen LogP contribution in [-0.2, 0) is 6.54 Å². The number of hydrogen-bond acceptors (Lipinski definition) is 5. The summed E-state index contributed by atoms with van der Waals surface area (Å²) in [6, 6.07) is 9.74.